The second-order valence-electron chi connectivity index (χ2n) is 4.33. The Kier molecular flexibility index (Phi) is 3.68. The highest BCUT2D eigenvalue weighted by molar-refractivity contribution is 5.92. The topological polar surface area (TPSA) is 54.0 Å². The van der Waals surface area contributed by atoms with Crippen molar-refractivity contribution >= 4 is 5.91 Å². The van der Waals surface area contributed by atoms with E-state index in [9.17, 15) is 9.18 Å². The summed E-state index contributed by atoms with van der Waals surface area (Å²) in [4.78, 5) is 15.6. The van der Waals surface area contributed by atoms with Crippen molar-refractivity contribution in [3.05, 3.63) is 29.8 Å². The quantitative estimate of drug-likeness (QED) is 0.809. The van der Waals surface area contributed by atoms with Gasteiger partial charge in [-0.15, -0.1) is 0 Å². The molecule has 0 aliphatic carbocycles. The molecule has 4 nitrogen and oxygen atoms in total. The number of piperidine rings is 1. The summed E-state index contributed by atoms with van der Waals surface area (Å²) in [5.41, 5.74) is 0.254. The lowest BCUT2D eigenvalue weighted by atomic mass is 10.00. The predicted octanol–water partition coefficient (Wildman–Crippen LogP) is 1.09. The maximum Gasteiger partial charge on any atom is 0.270 e. The van der Waals surface area contributed by atoms with Crippen LogP contribution >= 0.6 is 0 Å². The fraction of sp³-hybridized carbons (Fsp3) is 0.500. The van der Waals surface area contributed by atoms with Crippen LogP contribution in [0.5, 0.6) is 0 Å². The van der Waals surface area contributed by atoms with Gasteiger partial charge in [0.1, 0.15) is 11.5 Å². The van der Waals surface area contributed by atoms with Gasteiger partial charge in [-0.25, -0.2) is 9.37 Å². The molecule has 2 heterocycles. The van der Waals surface area contributed by atoms with Gasteiger partial charge in [-0.05, 0) is 38.4 Å². The summed E-state index contributed by atoms with van der Waals surface area (Å²) in [7, 11) is 0. The molecule has 1 aromatic rings. The Bertz CT molecular complexity index is 393. The van der Waals surface area contributed by atoms with E-state index in [1.54, 1.807) is 0 Å². The molecular formula is C12H16FN3O. The Morgan fingerprint density at radius 3 is 3.06 bits per heavy atom. The third-order valence-corrected chi connectivity index (χ3v) is 3.04. The minimum Gasteiger partial charge on any atom is -0.346 e. The number of carbonyl (C=O) groups is 1. The third kappa shape index (κ3) is 3.00. The normalized spacial score (nSPS) is 24.4. The van der Waals surface area contributed by atoms with Crippen LogP contribution in [0.2, 0.25) is 0 Å². The maximum absolute atomic E-state index is 12.7. The van der Waals surface area contributed by atoms with Crippen LogP contribution in [-0.4, -0.2) is 29.5 Å². The fourth-order valence-electron chi connectivity index (χ4n) is 1.99. The van der Waals surface area contributed by atoms with Gasteiger partial charge in [0.15, 0.2) is 0 Å². The van der Waals surface area contributed by atoms with Crippen LogP contribution in [0, 0.1) is 5.82 Å². The summed E-state index contributed by atoms with van der Waals surface area (Å²) in [6.45, 7) is 3.03. The molecule has 2 N–H and O–H groups in total. The molecule has 17 heavy (non-hydrogen) atoms. The first kappa shape index (κ1) is 12.0. The number of pyridine rings is 1. The molecule has 0 radical (unpaired) electrons. The number of carbonyl (C=O) groups excluding carboxylic acids is 1. The van der Waals surface area contributed by atoms with E-state index in [4.69, 9.17) is 0 Å². The average Bonchev–Trinajstić information content (AvgIpc) is 2.33. The van der Waals surface area contributed by atoms with E-state index in [0.29, 0.717) is 0 Å². The number of rotatable bonds is 2. The van der Waals surface area contributed by atoms with Crippen molar-refractivity contribution in [2.75, 3.05) is 6.54 Å². The van der Waals surface area contributed by atoms with Crippen molar-refractivity contribution < 1.29 is 9.18 Å². The SMILES string of the molecule is CC1NCCCC1NC(=O)c1ccc(F)cn1. The van der Waals surface area contributed by atoms with Gasteiger partial charge in [-0.1, -0.05) is 0 Å². The summed E-state index contributed by atoms with van der Waals surface area (Å²) in [5, 5.41) is 6.22. The monoisotopic (exact) mass is 237 g/mol. The molecule has 0 saturated carbocycles. The molecule has 1 fully saturated rings. The van der Waals surface area contributed by atoms with Crippen molar-refractivity contribution in [3.8, 4) is 0 Å². The van der Waals surface area contributed by atoms with Crippen molar-refractivity contribution in [1.82, 2.24) is 15.6 Å². The number of nitrogens with one attached hydrogen (secondary N) is 2. The van der Waals surface area contributed by atoms with Crippen LogP contribution < -0.4 is 10.6 Å². The van der Waals surface area contributed by atoms with Crippen LogP contribution in [0.3, 0.4) is 0 Å². The summed E-state index contributed by atoms with van der Waals surface area (Å²) >= 11 is 0. The van der Waals surface area contributed by atoms with Crippen LogP contribution in [0.25, 0.3) is 0 Å². The molecule has 2 unspecified atom stereocenters. The first-order valence-corrected chi connectivity index (χ1v) is 5.82. The van der Waals surface area contributed by atoms with Gasteiger partial charge in [0.25, 0.3) is 5.91 Å². The third-order valence-electron chi connectivity index (χ3n) is 3.04. The van der Waals surface area contributed by atoms with E-state index in [0.717, 1.165) is 25.6 Å². The smallest absolute Gasteiger partial charge is 0.270 e. The number of aromatic nitrogens is 1. The second kappa shape index (κ2) is 5.23. The zero-order valence-electron chi connectivity index (χ0n) is 9.74. The Morgan fingerprint density at radius 2 is 2.41 bits per heavy atom. The molecule has 2 rings (SSSR count). The van der Waals surface area contributed by atoms with Gasteiger partial charge in [0.05, 0.1) is 6.20 Å². The van der Waals surface area contributed by atoms with Gasteiger partial charge >= 0.3 is 0 Å². The predicted molar refractivity (Wildman–Crippen MR) is 62.1 cm³/mol. The first-order valence-electron chi connectivity index (χ1n) is 5.82. The lowest BCUT2D eigenvalue weighted by Gasteiger charge is -2.30. The van der Waals surface area contributed by atoms with Crippen LogP contribution in [-0.2, 0) is 0 Å². The Hall–Kier alpha value is -1.49. The Morgan fingerprint density at radius 1 is 1.59 bits per heavy atom. The molecule has 1 saturated heterocycles. The zero-order chi connectivity index (χ0) is 12.3. The molecule has 2 atom stereocenters. The molecule has 1 aromatic heterocycles. The molecule has 1 aliphatic rings. The van der Waals surface area contributed by atoms with E-state index in [1.807, 2.05) is 6.92 Å². The highest BCUT2D eigenvalue weighted by Crippen LogP contribution is 2.09. The van der Waals surface area contributed by atoms with Gasteiger partial charge in [-0.3, -0.25) is 4.79 Å². The van der Waals surface area contributed by atoms with Crippen molar-refractivity contribution in [2.45, 2.75) is 31.8 Å². The summed E-state index contributed by atoms with van der Waals surface area (Å²) in [6.07, 6.45) is 3.06. The minimum atomic E-state index is -0.436. The van der Waals surface area contributed by atoms with E-state index in [1.165, 1.54) is 12.1 Å². The molecule has 1 aliphatic heterocycles. The Balaban J connectivity index is 1.98. The van der Waals surface area contributed by atoms with Crippen molar-refractivity contribution in [3.63, 3.8) is 0 Å². The van der Waals surface area contributed by atoms with Gasteiger partial charge in [0.2, 0.25) is 0 Å². The van der Waals surface area contributed by atoms with E-state index >= 15 is 0 Å². The van der Waals surface area contributed by atoms with Crippen molar-refractivity contribution in [2.24, 2.45) is 0 Å². The maximum atomic E-state index is 12.7. The molecule has 0 aromatic carbocycles. The molecule has 1 amide bonds. The van der Waals surface area contributed by atoms with Gasteiger partial charge < -0.3 is 10.6 Å². The standard InChI is InChI=1S/C12H16FN3O/c1-8-10(3-2-6-14-8)16-12(17)11-5-4-9(13)7-15-11/h4-5,7-8,10,14H,2-3,6H2,1H3,(H,16,17). The van der Waals surface area contributed by atoms with E-state index in [-0.39, 0.29) is 23.7 Å². The molecule has 5 heteroatoms. The molecular weight excluding hydrogens is 221 g/mol. The number of halogens is 1. The van der Waals surface area contributed by atoms with Crippen LogP contribution in [0.1, 0.15) is 30.3 Å². The summed E-state index contributed by atoms with van der Waals surface area (Å²) in [5.74, 6) is -0.681. The fourth-order valence-corrected chi connectivity index (χ4v) is 1.99. The molecule has 0 spiro atoms. The van der Waals surface area contributed by atoms with Crippen LogP contribution in [0.15, 0.2) is 18.3 Å². The number of amides is 1. The second-order valence-corrected chi connectivity index (χ2v) is 4.33. The van der Waals surface area contributed by atoms with E-state index in [2.05, 4.69) is 15.6 Å². The van der Waals surface area contributed by atoms with Gasteiger partial charge in [-0.2, -0.15) is 0 Å². The molecule has 92 valence electrons. The Labute approximate surface area is 99.6 Å². The number of hydrogen-bond acceptors (Lipinski definition) is 3. The van der Waals surface area contributed by atoms with Gasteiger partial charge in [0, 0.05) is 12.1 Å². The van der Waals surface area contributed by atoms with E-state index < -0.39 is 5.82 Å². The summed E-state index contributed by atoms with van der Waals surface area (Å²) in [6, 6.07) is 3.01. The highest BCUT2D eigenvalue weighted by Gasteiger charge is 2.23. The van der Waals surface area contributed by atoms with Crippen molar-refractivity contribution in [1.29, 1.82) is 0 Å². The largest absolute Gasteiger partial charge is 0.346 e. The lowest BCUT2D eigenvalue weighted by Crippen LogP contribution is -2.52. The average molecular weight is 237 g/mol. The number of nitrogens with zero attached hydrogens (tertiary/aromatic N) is 1. The first-order chi connectivity index (χ1) is 8.16. The summed E-state index contributed by atoms with van der Waals surface area (Å²) < 4.78 is 12.7. The van der Waals surface area contributed by atoms with Crippen LogP contribution in [0.4, 0.5) is 4.39 Å². The number of hydrogen-bond donors (Lipinski definition) is 2. The zero-order valence-corrected chi connectivity index (χ0v) is 9.74. The molecule has 0 bridgehead atoms. The highest BCUT2D eigenvalue weighted by atomic mass is 19.1. The lowest BCUT2D eigenvalue weighted by molar-refractivity contribution is 0.0914. The minimum absolute atomic E-state index is 0.114.